The van der Waals surface area contributed by atoms with Crippen molar-refractivity contribution in [2.75, 3.05) is 30.4 Å². The normalized spacial score (nSPS) is 15.2. The van der Waals surface area contributed by atoms with Gasteiger partial charge in [0.25, 0.3) is 0 Å². The third kappa shape index (κ3) is 4.74. The highest BCUT2D eigenvalue weighted by atomic mass is 16.5. The van der Waals surface area contributed by atoms with Gasteiger partial charge in [0, 0.05) is 37.2 Å². The number of nitrogens with zero attached hydrogens (tertiary/aromatic N) is 2. The summed E-state index contributed by atoms with van der Waals surface area (Å²) in [5, 5.41) is 6.02. The molecule has 2 amide bonds. The third-order valence-electron chi connectivity index (χ3n) is 5.06. The summed E-state index contributed by atoms with van der Waals surface area (Å²) in [4.78, 5) is 19.3. The van der Waals surface area contributed by atoms with E-state index >= 15 is 0 Å². The number of ether oxygens (including phenoxy) is 1. The van der Waals surface area contributed by atoms with E-state index < -0.39 is 0 Å². The van der Waals surface area contributed by atoms with Crippen LogP contribution in [0.1, 0.15) is 45.2 Å². The van der Waals surface area contributed by atoms with Crippen molar-refractivity contribution in [1.82, 2.24) is 10.3 Å². The molecule has 2 aromatic rings. The van der Waals surface area contributed by atoms with E-state index in [1.54, 1.807) is 19.5 Å². The fourth-order valence-electron chi connectivity index (χ4n) is 3.59. The Labute approximate surface area is 167 Å². The van der Waals surface area contributed by atoms with Gasteiger partial charge in [0.2, 0.25) is 0 Å². The Hall–Kier alpha value is -2.76. The van der Waals surface area contributed by atoms with Gasteiger partial charge < -0.3 is 20.3 Å². The molecule has 1 saturated heterocycles. The van der Waals surface area contributed by atoms with E-state index in [1.807, 2.05) is 30.3 Å². The Morgan fingerprint density at radius 3 is 2.57 bits per heavy atom. The van der Waals surface area contributed by atoms with Crippen molar-refractivity contribution in [2.24, 2.45) is 5.41 Å². The number of pyridine rings is 1. The Morgan fingerprint density at radius 2 is 1.96 bits per heavy atom. The highest BCUT2D eigenvalue weighted by Crippen LogP contribution is 2.34. The smallest absolute Gasteiger partial charge is 0.319 e. The van der Waals surface area contributed by atoms with Gasteiger partial charge in [-0.3, -0.25) is 4.98 Å². The predicted molar refractivity (Wildman–Crippen MR) is 113 cm³/mol. The summed E-state index contributed by atoms with van der Waals surface area (Å²) in [5.74, 6) is 0.660. The van der Waals surface area contributed by atoms with Gasteiger partial charge in [-0.05, 0) is 42.0 Å². The standard InChI is InChI=1S/C22H30N4O2/c1-22(2,3)20(16-8-7-11-23-15-16)25-21(27)24-18-10-9-17(14-19(18)28-4)26-12-5-6-13-26/h7-11,14-15,20H,5-6,12-13H2,1-4H3,(H2,24,25,27). The first-order valence-corrected chi connectivity index (χ1v) is 9.79. The summed E-state index contributed by atoms with van der Waals surface area (Å²) in [6.07, 6.45) is 5.96. The van der Waals surface area contributed by atoms with Gasteiger partial charge in [-0.1, -0.05) is 26.8 Å². The lowest BCUT2D eigenvalue weighted by Gasteiger charge is -2.31. The van der Waals surface area contributed by atoms with Crippen molar-refractivity contribution >= 4 is 17.4 Å². The zero-order valence-corrected chi connectivity index (χ0v) is 17.2. The maximum Gasteiger partial charge on any atom is 0.319 e. The van der Waals surface area contributed by atoms with Gasteiger partial charge >= 0.3 is 6.03 Å². The molecule has 0 saturated carbocycles. The fourth-order valence-corrected chi connectivity index (χ4v) is 3.59. The van der Waals surface area contributed by atoms with E-state index in [0.717, 1.165) is 24.3 Å². The van der Waals surface area contributed by atoms with E-state index in [0.29, 0.717) is 11.4 Å². The maximum atomic E-state index is 12.7. The van der Waals surface area contributed by atoms with Crippen LogP contribution < -0.4 is 20.3 Å². The van der Waals surface area contributed by atoms with E-state index in [4.69, 9.17) is 4.74 Å². The van der Waals surface area contributed by atoms with Crippen molar-refractivity contribution in [3.63, 3.8) is 0 Å². The van der Waals surface area contributed by atoms with Gasteiger partial charge in [0.05, 0.1) is 18.8 Å². The summed E-state index contributed by atoms with van der Waals surface area (Å²) in [7, 11) is 1.62. The highest BCUT2D eigenvalue weighted by Gasteiger charge is 2.28. The number of benzene rings is 1. The third-order valence-corrected chi connectivity index (χ3v) is 5.06. The minimum absolute atomic E-state index is 0.163. The topological polar surface area (TPSA) is 66.5 Å². The van der Waals surface area contributed by atoms with Crippen LogP contribution in [0.25, 0.3) is 0 Å². The zero-order chi connectivity index (χ0) is 20.1. The summed E-state index contributed by atoms with van der Waals surface area (Å²) in [5.41, 5.74) is 2.59. The van der Waals surface area contributed by atoms with E-state index in [-0.39, 0.29) is 17.5 Å². The second-order valence-corrected chi connectivity index (χ2v) is 8.26. The molecule has 1 atom stereocenters. The second kappa shape index (κ2) is 8.50. The average Bonchev–Trinajstić information content (AvgIpc) is 3.21. The molecular formula is C22H30N4O2. The number of methoxy groups -OCH3 is 1. The van der Waals surface area contributed by atoms with Crippen LogP contribution in [0.2, 0.25) is 0 Å². The molecule has 1 fully saturated rings. The lowest BCUT2D eigenvalue weighted by molar-refractivity contribution is 0.229. The number of amides is 2. The van der Waals surface area contributed by atoms with Crippen LogP contribution in [0, 0.1) is 5.41 Å². The number of nitrogens with one attached hydrogen (secondary N) is 2. The molecule has 0 bridgehead atoms. The van der Waals surface area contributed by atoms with Gasteiger partial charge in [0.1, 0.15) is 5.75 Å². The van der Waals surface area contributed by atoms with E-state index in [2.05, 4.69) is 41.3 Å². The van der Waals surface area contributed by atoms with Crippen LogP contribution in [0.3, 0.4) is 0 Å². The molecule has 0 radical (unpaired) electrons. The Balaban J connectivity index is 1.74. The molecule has 1 aromatic carbocycles. The first-order valence-electron chi connectivity index (χ1n) is 9.79. The minimum atomic E-state index is -0.268. The molecule has 6 heteroatoms. The largest absolute Gasteiger partial charge is 0.494 e. The van der Waals surface area contributed by atoms with Gasteiger partial charge in [-0.2, -0.15) is 0 Å². The van der Waals surface area contributed by atoms with Crippen LogP contribution in [0.15, 0.2) is 42.7 Å². The molecule has 150 valence electrons. The van der Waals surface area contributed by atoms with Crippen LogP contribution >= 0.6 is 0 Å². The molecular weight excluding hydrogens is 352 g/mol. The Kier molecular flexibility index (Phi) is 6.07. The summed E-state index contributed by atoms with van der Waals surface area (Å²) >= 11 is 0. The SMILES string of the molecule is COc1cc(N2CCCC2)ccc1NC(=O)NC(c1cccnc1)C(C)(C)C. The first kappa shape index (κ1) is 20.0. The van der Waals surface area contributed by atoms with Crippen molar-refractivity contribution in [2.45, 2.75) is 39.7 Å². The number of carbonyl (C=O) groups is 1. The molecule has 28 heavy (non-hydrogen) atoms. The minimum Gasteiger partial charge on any atom is -0.494 e. The van der Waals surface area contributed by atoms with Crippen molar-refractivity contribution in [3.05, 3.63) is 48.3 Å². The molecule has 2 heterocycles. The number of hydrogen-bond donors (Lipinski definition) is 2. The second-order valence-electron chi connectivity index (χ2n) is 8.26. The van der Waals surface area contributed by atoms with Gasteiger partial charge in [0.15, 0.2) is 0 Å². The molecule has 3 rings (SSSR count). The average molecular weight is 383 g/mol. The van der Waals surface area contributed by atoms with Crippen molar-refractivity contribution < 1.29 is 9.53 Å². The lowest BCUT2D eigenvalue weighted by atomic mass is 9.83. The molecule has 0 spiro atoms. The van der Waals surface area contributed by atoms with Gasteiger partial charge in [-0.25, -0.2) is 4.79 Å². The number of hydrogen-bond acceptors (Lipinski definition) is 4. The molecule has 1 aromatic heterocycles. The number of carbonyl (C=O) groups excluding carboxylic acids is 1. The molecule has 1 aliphatic rings. The van der Waals surface area contributed by atoms with Crippen LogP contribution in [-0.2, 0) is 0 Å². The van der Waals surface area contributed by atoms with Crippen LogP contribution in [-0.4, -0.2) is 31.2 Å². The molecule has 2 N–H and O–H groups in total. The van der Waals surface area contributed by atoms with E-state index in [1.165, 1.54) is 12.8 Å². The number of anilines is 2. The monoisotopic (exact) mass is 382 g/mol. The Bertz CT molecular complexity index is 796. The summed E-state index contributed by atoms with van der Waals surface area (Å²) in [6.45, 7) is 8.41. The molecule has 1 unspecified atom stereocenters. The highest BCUT2D eigenvalue weighted by molar-refractivity contribution is 5.91. The summed E-state index contributed by atoms with van der Waals surface area (Å²) in [6, 6.07) is 9.35. The van der Waals surface area contributed by atoms with E-state index in [9.17, 15) is 4.79 Å². The number of urea groups is 1. The molecule has 6 nitrogen and oxygen atoms in total. The van der Waals surface area contributed by atoms with Crippen molar-refractivity contribution in [1.29, 1.82) is 0 Å². The predicted octanol–water partition coefficient (Wildman–Crippen LogP) is 4.60. The molecule has 0 aliphatic carbocycles. The zero-order valence-electron chi connectivity index (χ0n) is 17.2. The maximum absolute atomic E-state index is 12.7. The lowest BCUT2D eigenvalue weighted by Crippen LogP contribution is -2.39. The van der Waals surface area contributed by atoms with Gasteiger partial charge in [-0.15, -0.1) is 0 Å². The fraction of sp³-hybridized carbons (Fsp3) is 0.455. The Morgan fingerprint density at radius 1 is 1.21 bits per heavy atom. The van der Waals surface area contributed by atoms with Crippen molar-refractivity contribution in [3.8, 4) is 5.75 Å². The number of aromatic nitrogens is 1. The number of rotatable bonds is 5. The molecule has 1 aliphatic heterocycles. The summed E-state index contributed by atoms with van der Waals surface area (Å²) < 4.78 is 5.52. The van der Waals surface area contributed by atoms with Crippen LogP contribution in [0.5, 0.6) is 5.75 Å². The quantitative estimate of drug-likeness (QED) is 0.793. The van der Waals surface area contributed by atoms with Crippen LogP contribution in [0.4, 0.5) is 16.2 Å². The first-order chi connectivity index (χ1) is 13.4.